The van der Waals surface area contributed by atoms with Crippen LogP contribution in [0.1, 0.15) is 45.2 Å². The second-order valence-electron chi connectivity index (χ2n) is 15.1. The van der Waals surface area contributed by atoms with E-state index in [2.05, 4.69) is 19.9 Å². The van der Waals surface area contributed by atoms with E-state index in [4.69, 9.17) is 14.9 Å². The second-order valence-corrected chi connectivity index (χ2v) is 15.1. The second kappa shape index (κ2) is 13.9. The molecule has 0 radical (unpaired) electrons. The van der Waals surface area contributed by atoms with Crippen molar-refractivity contribution in [2.45, 2.75) is 38.0 Å². The number of nitrogen functional groups attached to an aromatic ring is 1. The van der Waals surface area contributed by atoms with Crippen molar-refractivity contribution in [1.29, 1.82) is 0 Å². The van der Waals surface area contributed by atoms with E-state index in [-0.39, 0.29) is 99.3 Å². The van der Waals surface area contributed by atoms with E-state index in [0.29, 0.717) is 17.6 Å². The number of benzene rings is 4. The Balaban J connectivity index is 1.04. The molecular weight excluding hydrogens is 777 g/mol. The molecule has 12 nitrogen and oxygen atoms in total. The average Bonchev–Trinajstić information content (AvgIpc) is 3.65. The number of carbonyl (C=O) groups excluding carboxylic acids is 1. The maximum Gasteiger partial charge on any atom is 0.336 e. The van der Waals surface area contributed by atoms with Crippen molar-refractivity contribution in [2.75, 3.05) is 36.8 Å². The normalized spacial score (nSPS) is 17.3. The van der Waals surface area contributed by atoms with Crippen molar-refractivity contribution in [3.05, 3.63) is 112 Å². The lowest BCUT2D eigenvalue weighted by atomic mass is 9.88. The molecule has 2 aromatic heterocycles. The zero-order valence-electron chi connectivity index (χ0n) is 31.2. The van der Waals surface area contributed by atoms with Crippen molar-refractivity contribution < 1.29 is 45.8 Å². The number of nitrogens with one attached hydrogen (secondary N) is 1. The number of fused-ring (bicyclic) bond motifs is 3. The molecule has 4 N–H and O–H groups in total. The van der Waals surface area contributed by atoms with Crippen LogP contribution in [-0.2, 0) is 13.0 Å². The zero-order chi connectivity index (χ0) is 41.4. The summed E-state index contributed by atoms with van der Waals surface area (Å²) in [6.45, 7) is -0.0567. The third-order valence-corrected chi connectivity index (χ3v) is 10.6. The SMILES string of the molecule is CC1(F)C[N+](=c2cc3oc4cc(N5CC(F)(F)C5)c(F)cc4c(-c4cc(C(=O)CCc5ccc(COc6nc(N)nc7nc[nH]c67)cc5)ccc4C(=O)O)c-3cc2F)C1. The first-order valence-electron chi connectivity index (χ1n) is 18.5. The maximum atomic E-state index is 15.9. The number of aromatic amines is 1. The number of nitrogens with zero attached hydrogens (tertiary/aromatic N) is 5. The molecule has 0 unspecified atom stereocenters. The minimum Gasteiger partial charge on any atom is -0.478 e. The number of carboxylic acids is 1. The lowest BCUT2D eigenvalue weighted by Gasteiger charge is -2.40. The average molecular weight is 811 g/mol. The lowest BCUT2D eigenvalue weighted by molar-refractivity contribution is -0.0265. The van der Waals surface area contributed by atoms with Crippen LogP contribution < -0.4 is 25.3 Å². The Morgan fingerprint density at radius 1 is 0.966 bits per heavy atom. The van der Waals surface area contributed by atoms with Crippen LogP contribution in [0.3, 0.4) is 0 Å². The molecule has 5 heterocycles. The van der Waals surface area contributed by atoms with E-state index in [1.807, 2.05) is 24.3 Å². The third-order valence-electron chi connectivity index (χ3n) is 10.6. The standard InChI is InChI=1S/C42H32F5N7O5/c1-41(45)16-53(17-41)30-13-33-26(11-28(30)43)35(27-12-29(44)31(14-34(27)59-33)54-18-42(46,47)19-54)25-10-23(7-8-24(25)39(56)57)32(55)9-6-21-2-4-22(5-3-21)15-58-38-36-37(50-20-49-36)51-40(48)52-38/h2-5,7-8,10-14,20H,6,9,15-19H2,1H3,(H3-,48,49,50,51,52,56,57)/p+1. The Bertz CT molecular complexity index is 2890. The molecule has 0 atom stereocenters. The van der Waals surface area contributed by atoms with Gasteiger partial charge in [-0.2, -0.15) is 14.4 Å². The Hall–Kier alpha value is -6.91. The molecule has 4 aliphatic rings. The molecule has 3 aromatic carbocycles. The predicted molar refractivity (Wildman–Crippen MR) is 206 cm³/mol. The minimum absolute atomic E-state index is 0.00621. The van der Waals surface area contributed by atoms with Gasteiger partial charge in [0, 0.05) is 34.6 Å². The molecule has 0 bridgehead atoms. The van der Waals surface area contributed by atoms with Gasteiger partial charge in [0.1, 0.15) is 29.3 Å². The van der Waals surface area contributed by atoms with Gasteiger partial charge in [0.25, 0.3) is 5.92 Å². The van der Waals surface area contributed by atoms with Gasteiger partial charge in [0.2, 0.25) is 22.9 Å². The summed E-state index contributed by atoms with van der Waals surface area (Å²) in [5.41, 5.74) is 6.55. The van der Waals surface area contributed by atoms with Crippen LogP contribution in [-0.4, -0.2) is 74.6 Å². The molecule has 17 heteroatoms. The first-order chi connectivity index (χ1) is 28.1. The number of hydrogen-bond acceptors (Lipinski definition) is 9. The number of rotatable bonds is 10. The van der Waals surface area contributed by atoms with Crippen molar-refractivity contribution in [2.24, 2.45) is 0 Å². The highest BCUT2D eigenvalue weighted by atomic mass is 19.3. The number of hydrogen-bond donors (Lipinski definition) is 3. The summed E-state index contributed by atoms with van der Waals surface area (Å²) >= 11 is 0. The molecule has 5 aromatic rings. The van der Waals surface area contributed by atoms with E-state index < -0.39 is 42.3 Å². The number of aromatic carboxylic acids is 1. The van der Waals surface area contributed by atoms with Crippen LogP contribution in [0.25, 0.3) is 44.6 Å². The van der Waals surface area contributed by atoms with E-state index in [0.717, 1.165) is 28.2 Å². The van der Waals surface area contributed by atoms with Gasteiger partial charge in [-0.1, -0.05) is 30.3 Å². The summed E-state index contributed by atoms with van der Waals surface area (Å²) in [7, 11) is 0. The molecule has 300 valence electrons. The summed E-state index contributed by atoms with van der Waals surface area (Å²) in [6, 6.07) is 16.1. The van der Waals surface area contributed by atoms with Crippen LogP contribution in [0.15, 0.2) is 77.5 Å². The molecule has 1 aliphatic carbocycles. The number of Topliss-reactive ketones (excluding diaryl/α,β-unsaturated/α-hetero) is 1. The maximum absolute atomic E-state index is 15.9. The lowest BCUT2D eigenvalue weighted by Crippen LogP contribution is -2.59. The van der Waals surface area contributed by atoms with Crippen LogP contribution in [0.4, 0.5) is 33.6 Å². The van der Waals surface area contributed by atoms with Crippen LogP contribution in [0.5, 0.6) is 5.88 Å². The number of ketones is 1. The number of anilines is 2. The highest BCUT2D eigenvalue weighted by Gasteiger charge is 2.46. The molecule has 2 fully saturated rings. The van der Waals surface area contributed by atoms with Gasteiger partial charge in [0.15, 0.2) is 30.3 Å². The number of aromatic nitrogens is 4. The van der Waals surface area contributed by atoms with Crippen molar-refractivity contribution in [3.8, 4) is 28.3 Å². The number of nitrogens with two attached hydrogens (primary N) is 1. The van der Waals surface area contributed by atoms with Crippen LogP contribution >= 0.6 is 0 Å². The molecule has 59 heavy (non-hydrogen) atoms. The number of carbonyl (C=O) groups is 2. The third kappa shape index (κ3) is 7.06. The molecule has 0 amide bonds. The quantitative estimate of drug-likeness (QED) is 0.0580. The van der Waals surface area contributed by atoms with Gasteiger partial charge < -0.3 is 29.9 Å². The minimum atomic E-state index is -3.01. The molecule has 9 rings (SSSR count). The van der Waals surface area contributed by atoms with Gasteiger partial charge in [-0.15, -0.1) is 0 Å². The number of halogens is 5. The number of aryl methyl sites for hydroxylation is 1. The Morgan fingerprint density at radius 2 is 1.71 bits per heavy atom. The van der Waals surface area contributed by atoms with Crippen molar-refractivity contribution in [1.82, 2.24) is 24.5 Å². The van der Waals surface area contributed by atoms with E-state index in [1.165, 1.54) is 48.2 Å². The summed E-state index contributed by atoms with van der Waals surface area (Å²) in [4.78, 5) is 42.8. The highest BCUT2D eigenvalue weighted by molar-refractivity contribution is 6.09. The number of H-pyrrole nitrogens is 1. The van der Waals surface area contributed by atoms with Gasteiger partial charge in [-0.05, 0) is 54.3 Å². The number of carboxylic acid groups (broad SMARTS) is 1. The predicted octanol–water partition coefficient (Wildman–Crippen LogP) is 6.79. The van der Waals surface area contributed by atoms with Gasteiger partial charge in [0.05, 0.1) is 36.7 Å². The fraction of sp³-hybridized carbons (Fsp3) is 0.238. The van der Waals surface area contributed by atoms with Crippen LogP contribution in [0.2, 0.25) is 0 Å². The monoisotopic (exact) mass is 810 g/mol. The van der Waals surface area contributed by atoms with E-state index in [1.54, 1.807) is 0 Å². The summed E-state index contributed by atoms with van der Waals surface area (Å²) < 4.78 is 87.3. The topological polar surface area (TPSA) is 163 Å². The van der Waals surface area contributed by atoms with Crippen molar-refractivity contribution in [3.63, 3.8) is 0 Å². The molecular formula is C42H33F5N7O5+. The Kier molecular flexibility index (Phi) is 8.86. The smallest absolute Gasteiger partial charge is 0.336 e. The summed E-state index contributed by atoms with van der Waals surface area (Å²) in [5.74, 6) is -6.05. The first-order valence-corrected chi connectivity index (χ1v) is 18.5. The fourth-order valence-corrected chi connectivity index (χ4v) is 7.68. The highest BCUT2D eigenvalue weighted by Crippen LogP contribution is 2.45. The first kappa shape index (κ1) is 37.7. The Labute approximate surface area is 330 Å². The fourth-order valence-electron chi connectivity index (χ4n) is 7.68. The summed E-state index contributed by atoms with van der Waals surface area (Å²) in [5, 5.41) is 10.4. The number of imidazole rings is 1. The van der Waals surface area contributed by atoms with Crippen LogP contribution in [0, 0.1) is 11.6 Å². The Morgan fingerprint density at radius 3 is 2.42 bits per heavy atom. The van der Waals surface area contributed by atoms with E-state index in [9.17, 15) is 27.9 Å². The van der Waals surface area contributed by atoms with Crippen molar-refractivity contribution >= 4 is 45.5 Å². The van der Waals surface area contributed by atoms with Gasteiger partial charge >= 0.3 is 5.97 Å². The summed E-state index contributed by atoms with van der Waals surface area (Å²) in [6.07, 6.45) is 1.82. The molecule has 2 saturated heterocycles. The van der Waals surface area contributed by atoms with Gasteiger partial charge in [-0.3, -0.25) is 4.79 Å². The molecule has 0 saturated carbocycles. The zero-order valence-corrected chi connectivity index (χ0v) is 31.2. The number of ether oxygens (including phenoxy) is 1. The van der Waals surface area contributed by atoms with E-state index >= 15 is 8.78 Å². The largest absolute Gasteiger partial charge is 0.478 e. The number of alkyl halides is 3. The molecule has 0 spiro atoms. The van der Waals surface area contributed by atoms with Gasteiger partial charge in [-0.25, -0.2) is 31.9 Å². The molecule has 3 aliphatic heterocycles.